The molecule has 0 saturated heterocycles. The predicted molar refractivity (Wildman–Crippen MR) is 103 cm³/mol. The van der Waals surface area contributed by atoms with Crippen LogP contribution in [0.5, 0.6) is 0 Å². The lowest BCUT2D eigenvalue weighted by Crippen LogP contribution is -2.29. The first-order valence-electron chi connectivity index (χ1n) is 9.40. The Labute approximate surface area is 158 Å². The molecule has 1 aromatic carbocycles. The fourth-order valence-corrected chi connectivity index (χ4v) is 3.52. The Morgan fingerprint density at radius 3 is 2.74 bits per heavy atom. The number of carbonyl (C=O) groups is 1. The third kappa shape index (κ3) is 3.80. The SMILES string of the molecule is CCCc1ccc(CN2CCc3nc(-c4ccc(C(N)=O)cc4)[nH]c3C2)o1. The van der Waals surface area contributed by atoms with Crippen molar-refractivity contribution in [3.05, 3.63) is 64.9 Å². The topological polar surface area (TPSA) is 88.2 Å². The molecule has 0 unspecified atom stereocenters. The fraction of sp³-hybridized carbons (Fsp3) is 0.333. The highest BCUT2D eigenvalue weighted by Crippen LogP contribution is 2.24. The molecule has 3 aromatic rings. The standard InChI is InChI=1S/C21H24N4O2/c1-2-3-16-8-9-17(27-16)12-25-11-10-18-19(13-25)24-21(23-18)15-6-4-14(5-7-15)20(22)26/h4-9H,2-3,10-13H2,1H3,(H2,22,26)(H,23,24). The number of primary amides is 1. The maximum atomic E-state index is 11.2. The number of H-pyrrole nitrogens is 1. The van der Waals surface area contributed by atoms with Gasteiger partial charge in [0.1, 0.15) is 17.3 Å². The number of rotatable bonds is 6. The Hall–Kier alpha value is -2.86. The van der Waals surface area contributed by atoms with Crippen molar-refractivity contribution in [1.82, 2.24) is 14.9 Å². The molecule has 3 heterocycles. The van der Waals surface area contributed by atoms with Crippen molar-refractivity contribution in [2.75, 3.05) is 6.54 Å². The molecule has 0 spiro atoms. The monoisotopic (exact) mass is 364 g/mol. The van der Waals surface area contributed by atoms with Crippen LogP contribution in [0.2, 0.25) is 0 Å². The Morgan fingerprint density at radius 1 is 1.22 bits per heavy atom. The highest BCUT2D eigenvalue weighted by atomic mass is 16.3. The molecule has 3 N–H and O–H groups in total. The second kappa shape index (κ2) is 7.40. The van der Waals surface area contributed by atoms with E-state index >= 15 is 0 Å². The number of nitrogens with one attached hydrogen (secondary N) is 1. The van der Waals surface area contributed by atoms with Crippen molar-refractivity contribution in [2.45, 2.75) is 39.3 Å². The number of aromatic nitrogens is 2. The number of carbonyl (C=O) groups excluding carboxylic acids is 1. The van der Waals surface area contributed by atoms with Crippen LogP contribution in [0, 0.1) is 0 Å². The molecular weight excluding hydrogens is 340 g/mol. The van der Waals surface area contributed by atoms with Crippen molar-refractivity contribution < 1.29 is 9.21 Å². The Kier molecular flexibility index (Phi) is 4.81. The predicted octanol–water partition coefficient (Wildman–Crippen LogP) is 3.28. The zero-order chi connectivity index (χ0) is 18.8. The van der Waals surface area contributed by atoms with Gasteiger partial charge in [0.15, 0.2) is 0 Å². The number of fused-ring (bicyclic) bond motifs is 1. The van der Waals surface area contributed by atoms with E-state index in [-0.39, 0.29) is 0 Å². The third-order valence-corrected chi connectivity index (χ3v) is 4.95. The van der Waals surface area contributed by atoms with Gasteiger partial charge in [-0.3, -0.25) is 9.69 Å². The second-order valence-corrected chi connectivity index (χ2v) is 7.03. The lowest BCUT2D eigenvalue weighted by Gasteiger charge is -2.24. The van der Waals surface area contributed by atoms with Crippen LogP contribution in [0.3, 0.4) is 0 Å². The summed E-state index contributed by atoms with van der Waals surface area (Å²) in [5.74, 6) is 2.49. The summed E-state index contributed by atoms with van der Waals surface area (Å²) < 4.78 is 5.91. The summed E-state index contributed by atoms with van der Waals surface area (Å²) in [5.41, 5.74) is 9.03. The Bertz CT molecular complexity index is 940. The lowest BCUT2D eigenvalue weighted by molar-refractivity contribution is 0.100. The van der Waals surface area contributed by atoms with Gasteiger partial charge in [0.25, 0.3) is 0 Å². The van der Waals surface area contributed by atoms with Crippen LogP contribution in [-0.2, 0) is 25.9 Å². The molecule has 0 saturated carbocycles. The molecule has 1 aliphatic heterocycles. The third-order valence-electron chi connectivity index (χ3n) is 4.95. The summed E-state index contributed by atoms with van der Waals surface area (Å²) in [6.45, 7) is 4.75. The highest BCUT2D eigenvalue weighted by Gasteiger charge is 2.21. The molecule has 6 nitrogen and oxygen atoms in total. The molecule has 6 heteroatoms. The van der Waals surface area contributed by atoms with E-state index < -0.39 is 5.91 Å². The number of amides is 1. The summed E-state index contributed by atoms with van der Waals surface area (Å²) in [6, 6.07) is 11.4. The molecule has 1 amide bonds. The van der Waals surface area contributed by atoms with Gasteiger partial charge < -0.3 is 15.1 Å². The number of aryl methyl sites for hydroxylation is 1. The van der Waals surface area contributed by atoms with Gasteiger partial charge in [-0.05, 0) is 30.7 Å². The average molecular weight is 364 g/mol. The summed E-state index contributed by atoms with van der Waals surface area (Å²) in [7, 11) is 0. The quantitative estimate of drug-likeness (QED) is 0.702. The number of imidazole rings is 1. The maximum absolute atomic E-state index is 11.2. The molecular formula is C21H24N4O2. The minimum absolute atomic E-state index is 0.420. The molecule has 140 valence electrons. The van der Waals surface area contributed by atoms with Gasteiger partial charge >= 0.3 is 0 Å². The zero-order valence-electron chi connectivity index (χ0n) is 15.5. The Balaban J connectivity index is 1.46. The van der Waals surface area contributed by atoms with E-state index in [2.05, 4.69) is 28.9 Å². The number of hydrogen-bond acceptors (Lipinski definition) is 4. The molecule has 0 aliphatic carbocycles. The number of furan rings is 1. The summed E-state index contributed by atoms with van der Waals surface area (Å²) in [6.07, 6.45) is 2.99. The highest BCUT2D eigenvalue weighted by molar-refractivity contribution is 5.93. The van der Waals surface area contributed by atoms with Crippen LogP contribution in [0.1, 0.15) is 46.6 Å². The number of nitrogens with two attached hydrogens (primary N) is 1. The van der Waals surface area contributed by atoms with Crippen LogP contribution in [0.25, 0.3) is 11.4 Å². The number of benzene rings is 1. The van der Waals surface area contributed by atoms with Crippen LogP contribution < -0.4 is 5.73 Å². The van der Waals surface area contributed by atoms with E-state index in [0.29, 0.717) is 5.56 Å². The molecule has 0 atom stereocenters. The first kappa shape index (κ1) is 17.5. The molecule has 0 fully saturated rings. The normalized spacial score (nSPS) is 14.3. The van der Waals surface area contributed by atoms with Gasteiger partial charge in [0.05, 0.1) is 17.9 Å². The van der Waals surface area contributed by atoms with Gasteiger partial charge in [0.2, 0.25) is 5.91 Å². The zero-order valence-corrected chi connectivity index (χ0v) is 15.5. The summed E-state index contributed by atoms with van der Waals surface area (Å²) >= 11 is 0. The van der Waals surface area contributed by atoms with Crippen LogP contribution >= 0.6 is 0 Å². The van der Waals surface area contributed by atoms with E-state index in [1.54, 1.807) is 12.1 Å². The van der Waals surface area contributed by atoms with Gasteiger partial charge in [-0.25, -0.2) is 4.98 Å². The van der Waals surface area contributed by atoms with E-state index in [1.165, 1.54) is 0 Å². The van der Waals surface area contributed by atoms with Crippen molar-refractivity contribution in [3.63, 3.8) is 0 Å². The minimum Gasteiger partial charge on any atom is -0.465 e. The smallest absolute Gasteiger partial charge is 0.248 e. The van der Waals surface area contributed by atoms with Gasteiger partial charge in [0, 0.05) is 37.1 Å². The number of aromatic amines is 1. The van der Waals surface area contributed by atoms with Crippen molar-refractivity contribution >= 4 is 5.91 Å². The Morgan fingerprint density at radius 2 is 2.00 bits per heavy atom. The van der Waals surface area contributed by atoms with Gasteiger partial charge in [-0.2, -0.15) is 0 Å². The molecule has 0 radical (unpaired) electrons. The molecule has 4 rings (SSSR count). The van der Waals surface area contributed by atoms with Crippen LogP contribution in [0.15, 0.2) is 40.8 Å². The van der Waals surface area contributed by atoms with Crippen LogP contribution in [0.4, 0.5) is 0 Å². The number of nitrogens with zero attached hydrogens (tertiary/aromatic N) is 2. The fourth-order valence-electron chi connectivity index (χ4n) is 3.52. The summed E-state index contributed by atoms with van der Waals surface area (Å²) in [4.78, 5) is 21.8. The average Bonchev–Trinajstić information content (AvgIpc) is 3.28. The maximum Gasteiger partial charge on any atom is 0.248 e. The summed E-state index contributed by atoms with van der Waals surface area (Å²) in [5, 5.41) is 0. The van der Waals surface area contributed by atoms with Crippen LogP contribution in [-0.4, -0.2) is 27.3 Å². The molecule has 1 aliphatic rings. The van der Waals surface area contributed by atoms with E-state index in [9.17, 15) is 4.79 Å². The van der Waals surface area contributed by atoms with E-state index in [0.717, 1.165) is 73.2 Å². The first-order valence-corrected chi connectivity index (χ1v) is 9.40. The van der Waals surface area contributed by atoms with Crippen molar-refractivity contribution in [3.8, 4) is 11.4 Å². The van der Waals surface area contributed by atoms with E-state index in [1.807, 2.05) is 12.1 Å². The van der Waals surface area contributed by atoms with Crippen molar-refractivity contribution in [2.24, 2.45) is 5.73 Å². The van der Waals surface area contributed by atoms with Crippen molar-refractivity contribution in [1.29, 1.82) is 0 Å². The lowest BCUT2D eigenvalue weighted by atomic mass is 10.1. The van der Waals surface area contributed by atoms with Gasteiger partial charge in [-0.1, -0.05) is 19.1 Å². The molecule has 2 aromatic heterocycles. The first-order chi connectivity index (χ1) is 13.1. The minimum atomic E-state index is -0.420. The van der Waals surface area contributed by atoms with Gasteiger partial charge in [-0.15, -0.1) is 0 Å². The largest absolute Gasteiger partial charge is 0.465 e. The molecule has 27 heavy (non-hydrogen) atoms. The van der Waals surface area contributed by atoms with E-state index in [4.69, 9.17) is 15.1 Å². The number of hydrogen-bond donors (Lipinski definition) is 2. The second-order valence-electron chi connectivity index (χ2n) is 7.03. The molecule has 0 bridgehead atoms.